The molecule has 1 atom stereocenters. The fourth-order valence-corrected chi connectivity index (χ4v) is 2.41. The van der Waals surface area contributed by atoms with Crippen molar-refractivity contribution < 1.29 is 32.2 Å². The minimum absolute atomic E-state index is 0.152. The zero-order valence-corrected chi connectivity index (χ0v) is 14.4. The molecule has 5 nitrogen and oxygen atoms in total. The molecule has 1 amide bonds. The molecule has 8 heteroatoms. The Morgan fingerprint density at radius 2 is 1.76 bits per heavy atom. The predicted molar refractivity (Wildman–Crippen MR) is 84.5 cm³/mol. The van der Waals surface area contributed by atoms with Crippen LogP contribution in [-0.2, 0) is 4.74 Å². The molecule has 0 unspecified atom stereocenters. The van der Waals surface area contributed by atoms with Gasteiger partial charge in [-0.25, -0.2) is 4.79 Å². The number of alkyl halides is 3. The summed E-state index contributed by atoms with van der Waals surface area (Å²) in [6.07, 6.45) is -4.27. The lowest BCUT2D eigenvalue weighted by Gasteiger charge is -2.24. The van der Waals surface area contributed by atoms with E-state index in [1.807, 2.05) is 20.8 Å². The number of carbonyl (C=O) groups excluding carboxylic acids is 1. The van der Waals surface area contributed by atoms with Gasteiger partial charge in [-0.15, -0.1) is 13.2 Å². The molecule has 1 fully saturated rings. The van der Waals surface area contributed by atoms with Crippen molar-refractivity contribution in [2.45, 2.75) is 39.2 Å². The van der Waals surface area contributed by atoms with Gasteiger partial charge in [0.05, 0.1) is 6.61 Å². The summed E-state index contributed by atoms with van der Waals surface area (Å²) in [5.74, 6) is 0.306. The lowest BCUT2D eigenvalue weighted by atomic mass is 10.1. The second-order valence-corrected chi connectivity index (χ2v) is 6.91. The van der Waals surface area contributed by atoms with E-state index in [2.05, 4.69) is 4.74 Å². The average molecular weight is 361 g/mol. The lowest BCUT2D eigenvalue weighted by Crippen LogP contribution is -2.35. The number of benzene rings is 1. The van der Waals surface area contributed by atoms with Gasteiger partial charge >= 0.3 is 12.5 Å². The highest BCUT2D eigenvalue weighted by molar-refractivity contribution is 5.68. The van der Waals surface area contributed by atoms with E-state index in [0.29, 0.717) is 25.4 Å². The van der Waals surface area contributed by atoms with Gasteiger partial charge in [0.2, 0.25) is 0 Å². The number of nitrogens with zero attached hydrogens (tertiary/aromatic N) is 1. The number of rotatable bonds is 4. The van der Waals surface area contributed by atoms with E-state index in [4.69, 9.17) is 9.47 Å². The van der Waals surface area contributed by atoms with E-state index in [1.54, 1.807) is 4.90 Å². The lowest BCUT2D eigenvalue weighted by molar-refractivity contribution is -0.274. The number of ether oxygens (including phenoxy) is 3. The van der Waals surface area contributed by atoms with Gasteiger partial charge in [-0.1, -0.05) is 0 Å². The van der Waals surface area contributed by atoms with Crippen LogP contribution in [0.25, 0.3) is 0 Å². The zero-order valence-electron chi connectivity index (χ0n) is 14.4. The molecule has 1 aromatic carbocycles. The number of halogens is 3. The van der Waals surface area contributed by atoms with Gasteiger partial charge in [-0.2, -0.15) is 0 Å². The summed E-state index contributed by atoms with van der Waals surface area (Å²) in [7, 11) is 0. The van der Waals surface area contributed by atoms with E-state index in [1.165, 1.54) is 24.3 Å². The Bertz CT molecular complexity index is 581. The fourth-order valence-electron chi connectivity index (χ4n) is 2.41. The predicted octanol–water partition coefficient (Wildman–Crippen LogP) is 4.22. The summed E-state index contributed by atoms with van der Waals surface area (Å²) in [5, 5.41) is 0. The molecule has 0 aromatic heterocycles. The molecule has 0 saturated carbocycles. The van der Waals surface area contributed by atoms with E-state index in [9.17, 15) is 18.0 Å². The Kier molecular flexibility index (Phi) is 5.69. The van der Waals surface area contributed by atoms with Crippen LogP contribution in [0.2, 0.25) is 0 Å². The Balaban J connectivity index is 1.78. The fraction of sp³-hybridized carbons (Fsp3) is 0.588. The Labute approximate surface area is 144 Å². The van der Waals surface area contributed by atoms with E-state index in [0.717, 1.165) is 6.42 Å². The molecular weight excluding hydrogens is 339 g/mol. The van der Waals surface area contributed by atoms with Crippen molar-refractivity contribution in [1.82, 2.24) is 4.90 Å². The molecule has 0 aliphatic carbocycles. The monoisotopic (exact) mass is 361 g/mol. The quantitative estimate of drug-likeness (QED) is 0.806. The molecule has 1 heterocycles. The second-order valence-electron chi connectivity index (χ2n) is 6.91. The van der Waals surface area contributed by atoms with Crippen molar-refractivity contribution in [2.75, 3.05) is 19.7 Å². The third-order valence-electron chi connectivity index (χ3n) is 3.48. The Hall–Kier alpha value is -2.12. The van der Waals surface area contributed by atoms with Crippen molar-refractivity contribution in [2.24, 2.45) is 5.92 Å². The van der Waals surface area contributed by atoms with Crippen LogP contribution in [0.15, 0.2) is 24.3 Å². The Morgan fingerprint density at radius 1 is 1.16 bits per heavy atom. The molecule has 0 N–H and O–H groups in total. The minimum atomic E-state index is -4.71. The highest BCUT2D eigenvalue weighted by atomic mass is 19.4. The van der Waals surface area contributed by atoms with Crippen LogP contribution in [0.4, 0.5) is 18.0 Å². The molecule has 2 rings (SSSR count). The van der Waals surface area contributed by atoms with E-state index in [-0.39, 0.29) is 17.8 Å². The molecule has 1 saturated heterocycles. The summed E-state index contributed by atoms with van der Waals surface area (Å²) in [5.41, 5.74) is -0.536. The highest BCUT2D eigenvalue weighted by Gasteiger charge is 2.31. The maximum Gasteiger partial charge on any atom is 0.573 e. The zero-order chi connectivity index (χ0) is 18.7. The number of hydrogen-bond donors (Lipinski definition) is 0. The third-order valence-corrected chi connectivity index (χ3v) is 3.48. The summed E-state index contributed by atoms with van der Waals surface area (Å²) in [6.45, 7) is 6.94. The van der Waals surface area contributed by atoms with Gasteiger partial charge in [0, 0.05) is 19.0 Å². The first kappa shape index (κ1) is 19.2. The highest BCUT2D eigenvalue weighted by Crippen LogP contribution is 2.26. The van der Waals surface area contributed by atoms with Gasteiger partial charge in [-0.3, -0.25) is 0 Å². The van der Waals surface area contributed by atoms with Crippen LogP contribution < -0.4 is 9.47 Å². The number of hydrogen-bond acceptors (Lipinski definition) is 4. The minimum Gasteiger partial charge on any atom is -0.493 e. The van der Waals surface area contributed by atoms with Crippen molar-refractivity contribution in [3.05, 3.63) is 24.3 Å². The topological polar surface area (TPSA) is 48.0 Å². The van der Waals surface area contributed by atoms with Gasteiger partial charge in [0.25, 0.3) is 0 Å². The average Bonchev–Trinajstić information content (AvgIpc) is 2.92. The second kappa shape index (κ2) is 7.41. The first-order valence-corrected chi connectivity index (χ1v) is 7.98. The van der Waals surface area contributed by atoms with Crippen LogP contribution in [0.1, 0.15) is 27.2 Å². The normalized spacial score (nSPS) is 18.2. The number of likely N-dealkylation sites (tertiary alicyclic amines) is 1. The first-order valence-electron chi connectivity index (χ1n) is 7.98. The molecule has 25 heavy (non-hydrogen) atoms. The summed E-state index contributed by atoms with van der Waals surface area (Å²) < 4.78 is 51.0. The summed E-state index contributed by atoms with van der Waals surface area (Å²) in [6, 6.07) is 5.23. The number of amides is 1. The number of carbonyl (C=O) groups is 1. The maximum atomic E-state index is 12.1. The summed E-state index contributed by atoms with van der Waals surface area (Å²) in [4.78, 5) is 13.6. The van der Waals surface area contributed by atoms with Crippen LogP contribution in [0.3, 0.4) is 0 Å². The summed E-state index contributed by atoms with van der Waals surface area (Å²) >= 11 is 0. The van der Waals surface area contributed by atoms with Crippen LogP contribution in [0.5, 0.6) is 11.5 Å². The van der Waals surface area contributed by atoms with Crippen molar-refractivity contribution >= 4 is 6.09 Å². The standard InChI is InChI=1S/C17H22F3NO4/c1-16(2,3)25-15(22)21-9-8-12(10-21)11-23-13-4-6-14(7-5-13)24-17(18,19)20/h4-7,12H,8-11H2,1-3H3/t12-/m0/s1. The Morgan fingerprint density at radius 3 is 2.32 bits per heavy atom. The van der Waals surface area contributed by atoms with Gasteiger partial charge in [0.1, 0.15) is 17.1 Å². The molecular formula is C17H22F3NO4. The van der Waals surface area contributed by atoms with Crippen LogP contribution in [0, 0.1) is 5.92 Å². The van der Waals surface area contributed by atoms with Crippen molar-refractivity contribution in [3.63, 3.8) is 0 Å². The molecule has 1 aliphatic rings. The van der Waals surface area contributed by atoms with Gasteiger partial charge in [0.15, 0.2) is 0 Å². The van der Waals surface area contributed by atoms with Gasteiger partial charge in [-0.05, 0) is 51.5 Å². The van der Waals surface area contributed by atoms with Crippen LogP contribution >= 0.6 is 0 Å². The van der Waals surface area contributed by atoms with Crippen LogP contribution in [-0.4, -0.2) is 42.7 Å². The van der Waals surface area contributed by atoms with Crippen molar-refractivity contribution in [3.8, 4) is 11.5 Å². The molecule has 0 bridgehead atoms. The van der Waals surface area contributed by atoms with E-state index >= 15 is 0 Å². The molecule has 1 aromatic rings. The molecule has 0 spiro atoms. The largest absolute Gasteiger partial charge is 0.573 e. The van der Waals surface area contributed by atoms with Gasteiger partial charge < -0.3 is 19.1 Å². The third kappa shape index (κ3) is 6.72. The smallest absolute Gasteiger partial charge is 0.493 e. The first-order chi connectivity index (χ1) is 11.5. The molecule has 1 aliphatic heterocycles. The van der Waals surface area contributed by atoms with E-state index < -0.39 is 12.0 Å². The van der Waals surface area contributed by atoms with Crippen molar-refractivity contribution in [1.29, 1.82) is 0 Å². The molecule has 0 radical (unpaired) electrons. The molecule has 140 valence electrons. The SMILES string of the molecule is CC(C)(C)OC(=O)N1CC[C@H](COc2ccc(OC(F)(F)F)cc2)C1. The maximum absolute atomic E-state index is 12.1.